The maximum Gasteiger partial charge on any atom is 0.237 e. The molecule has 1 aromatic carbocycles. The van der Waals surface area contributed by atoms with Gasteiger partial charge in [0.05, 0.1) is 19.2 Å². The van der Waals surface area contributed by atoms with Gasteiger partial charge in [-0.25, -0.2) is 0 Å². The summed E-state index contributed by atoms with van der Waals surface area (Å²) in [4.78, 5) is 14.0. The van der Waals surface area contributed by atoms with Crippen LogP contribution in [-0.4, -0.2) is 37.0 Å². The first-order valence-corrected chi connectivity index (χ1v) is 6.98. The van der Waals surface area contributed by atoms with Gasteiger partial charge in [-0.15, -0.1) is 0 Å². The third-order valence-electron chi connectivity index (χ3n) is 3.50. The summed E-state index contributed by atoms with van der Waals surface area (Å²) in [5, 5.41) is 3.11. The quantitative estimate of drug-likeness (QED) is 0.858. The number of hydrogen-bond acceptors (Lipinski definition) is 3. The summed E-state index contributed by atoms with van der Waals surface area (Å²) in [6, 6.07) is 6.08. The van der Waals surface area contributed by atoms with Crippen molar-refractivity contribution in [3.63, 3.8) is 0 Å². The normalized spacial score (nSPS) is 23.5. The van der Waals surface area contributed by atoms with Gasteiger partial charge in [-0.1, -0.05) is 22.0 Å². The molecule has 0 aliphatic carbocycles. The minimum Gasteiger partial charge on any atom is -0.493 e. The molecule has 96 valence electrons. The molecule has 0 saturated carbocycles. The number of nitrogens with one attached hydrogen (secondary N) is 1. The molecule has 0 aromatic heterocycles. The molecule has 1 aromatic rings. The van der Waals surface area contributed by atoms with Gasteiger partial charge >= 0.3 is 0 Å². The standard InChI is InChI=1S/C13H15BrN2O2/c14-9-2-1-3-11-13(9)10(4-7-18-11)16-6-5-15-8-12(16)17/h1-3,10,15H,4-8H2. The van der Waals surface area contributed by atoms with Crippen LogP contribution in [0.1, 0.15) is 18.0 Å². The number of hydrogen-bond donors (Lipinski definition) is 1. The molecule has 1 amide bonds. The SMILES string of the molecule is O=C1CNCCN1C1CCOc2cccc(Br)c21. The van der Waals surface area contributed by atoms with Crippen LogP contribution in [0, 0.1) is 0 Å². The largest absolute Gasteiger partial charge is 0.493 e. The molecule has 1 saturated heterocycles. The van der Waals surface area contributed by atoms with E-state index in [1.54, 1.807) is 0 Å². The van der Waals surface area contributed by atoms with Gasteiger partial charge in [0.25, 0.3) is 0 Å². The molecule has 0 bridgehead atoms. The highest BCUT2D eigenvalue weighted by molar-refractivity contribution is 9.10. The zero-order valence-electron chi connectivity index (χ0n) is 9.99. The minimum absolute atomic E-state index is 0.138. The molecule has 0 spiro atoms. The molecule has 1 fully saturated rings. The molecule has 18 heavy (non-hydrogen) atoms. The number of halogens is 1. The van der Waals surface area contributed by atoms with E-state index in [2.05, 4.69) is 21.2 Å². The van der Waals surface area contributed by atoms with E-state index in [-0.39, 0.29) is 11.9 Å². The third kappa shape index (κ3) is 2.01. The van der Waals surface area contributed by atoms with Gasteiger partial charge in [-0.2, -0.15) is 0 Å². The van der Waals surface area contributed by atoms with Crippen molar-refractivity contribution in [2.75, 3.05) is 26.2 Å². The summed E-state index contributed by atoms with van der Waals surface area (Å²) >= 11 is 3.58. The van der Waals surface area contributed by atoms with E-state index >= 15 is 0 Å². The Morgan fingerprint density at radius 1 is 1.44 bits per heavy atom. The number of ether oxygens (including phenoxy) is 1. The van der Waals surface area contributed by atoms with Crippen LogP contribution in [0.25, 0.3) is 0 Å². The average Bonchev–Trinajstić information content (AvgIpc) is 2.39. The lowest BCUT2D eigenvalue weighted by molar-refractivity contribution is -0.135. The van der Waals surface area contributed by atoms with Gasteiger partial charge in [0, 0.05) is 29.5 Å². The van der Waals surface area contributed by atoms with Gasteiger partial charge in [-0.05, 0) is 12.1 Å². The van der Waals surface area contributed by atoms with Crippen LogP contribution >= 0.6 is 15.9 Å². The van der Waals surface area contributed by atoms with Gasteiger partial charge in [-0.3, -0.25) is 4.79 Å². The highest BCUT2D eigenvalue weighted by Crippen LogP contribution is 2.40. The zero-order chi connectivity index (χ0) is 12.5. The second kappa shape index (κ2) is 4.90. The number of carbonyl (C=O) groups is 1. The number of fused-ring (bicyclic) bond motifs is 1. The van der Waals surface area contributed by atoms with Crippen molar-refractivity contribution in [3.8, 4) is 5.75 Å². The Bertz CT molecular complexity index is 478. The van der Waals surface area contributed by atoms with Crippen LogP contribution in [0.3, 0.4) is 0 Å². The first-order chi connectivity index (χ1) is 8.77. The van der Waals surface area contributed by atoms with E-state index in [1.165, 1.54) is 0 Å². The second-order valence-corrected chi connectivity index (χ2v) is 5.42. The van der Waals surface area contributed by atoms with E-state index in [9.17, 15) is 4.79 Å². The molecule has 1 atom stereocenters. The summed E-state index contributed by atoms with van der Waals surface area (Å²) in [7, 11) is 0. The number of piperazine rings is 1. The van der Waals surface area contributed by atoms with Crippen molar-refractivity contribution >= 4 is 21.8 Å². The average molecular weight is 311 g/mol. The van der Waals surface area contributed by atoms with Gasteiger partial charge < -0.3 is 15.0 Å². The lowest BCUT2D eigenvalue weighted by atomic mass is 9.98. The predicted molar refractivity (Wildman–Crippen MR) is 71.6 cm³/mol. The van der Waals surface area contributed by atoms with Crippen molar-refractivity contribution in [2.24, 2.45) is 0 Å². The topological polar surface area (TPSA) is 41.6 Å². The Morgan fingerprint density at radius 3 is 3.17 bits per heavy atom. The lowest BCUT2D eigenvalue weighted by Crippen LogP contribution is -2.50. The van der Waals surface area contributed by atoms with Crippen LogP contribution in [0.2, 0.25) is 0 Å². The van der Waals surface area contributed by atoms with E-state index in [0.29, 0.717) is 13.2 Å². The molecule has 2 heterocycles. The fourth-order valence-corrected chi connectivity index (χ4v) is 3.27. The summed E-state index contributed by atoms with van der Waals surface area (Å²) in [6.07, 6.45) is 0.862. The van der Waals surface area contributed by atoms with Crippen molar-refractivity contribution in [3.05, 3.63) is 28.2 Å². The fraction of sp³-hybridized carbons (Fsp3) is 0.462. The van der Waals surface area contributed by atoms with Crippen molar-refractivity contribution < 1.29 is 9.53 Å². The zero-order valence-corrected chi connectivity index (χ0v) is 11.6. The van der Waals surface area contributed by atoms with Crippen molar-refractivity contribution in [2.45, 2.75) is 12.5 Å². The van der Waals surface area contributed by atoms with Crippen LogP contribution in [0.5, 0.6) is 5.75 Å². The maximum absolute atomic E-state index is 12.0. The van der Waals surface area contributed by atoms with Gasteiger partial charge in [0.1, 0.15) is 5.75 Å². The number of nitrogens with zero attached hydrogens (tertiary/aromatic N) is 1. The molecule has 5 heteroatoms. The Morgan fingerprint density at radius 2 is 2.33 bits per heavy atom. The molecule has 3 rings (SSSR count). The van der Waals surface area contributed by atoms with Crippen LogP contribution < -0.4 is 10.1 Å². The first-order valence-electron chi connectivity index (χ1n) is 6.19. The Hall–Kier alpha value is -1.07. The summed E-state index contributed by atoms with van der Waals surface area (Å²) < 4.78 is 6.70. The third-order valence-corrected chi connectivity index (χ3v) is 4.19. The molecule has 2 aliphatic heterocycles. The van der Waals surface area contributed by atoms with Gasteiger partial charge in [0.15, 0.2) is 0 Å². The van der Waals surface area contributed by atoms with Crippen LogP contribution in [0.15, 0.2) is 22.7 Å². The molecular weight excluding hydrogens is 296 g/mol. The summed E-state index contributed by atoms with van der Waals surface area (Å²) in [5.74, 6) is 1.07. The van der Waals surface area contributed by atoms with Crippen molar-refractivity contribution in [1.82, 2.24) is 10.2 Å². The predicted octanol–water partition coefficient (Wildman–Crippen LogP) is 1.70. The highest BCUT2D eigenvalue weighted by Gasteiger charge is 2.32. The molecule has 0 radical (unpaired) electrons. The monoisotopic (exact) mass is 310 g/mol. The molecular formula is C13H15BrN2O2. The fourth-order valence-electron chi connectivity index (χ4n) is 2.65. The minimum atomic E-state index is 0.138. The number of carbonyl (C=O) groups excluding carboxylic acids is 1. The van der Waals surface area contributed by atoms with E-state index < -0.39 is 0 Å². The van der Waals surface area contributed by atoms with Gasteiger partial charge in [0.2, 0.25) is 5.91 Å². The number of amides is 1. The molecule has 1 unspecified atom stereocenters. The van der Waals surface area contributed by atoms with Crippen molar-refractivity contribution in [1.29, 1.82) is 0 Å². The van der Waals surface area contributed by atoms with E-state index in [0.717, 1.165) is 35.3 Å². The first kappa shape index (κ1) is 12.0. The smallest absolute Gasteiger partial charge is 0.237 e. The number of rotatable bonds is 1. The van der Waals surface area contributed by atoms with Crippen LogP contribution in [0.4, 0.5) is 0 Å². The Balaban J connectivity index is 1.97. The Labute approximate surface area is 114 Å². The second-order valence-electron chi connectivity index (χ2n) is 4.57. The number of benzene rings is 1. The summed E-state index contributed by atoms with van der Waals surface area (Å²) in [5.41, 5.74) is 1.11. The molecule has 1 N–H and O–H groups in total. The van der Waals surface area contributed by atoms with E-state index in [1.807, 2.05) is 23.1 Å². The molecule has 2 aliphatic rings. The maximum atomic E-state index is 12.0. The van der Waals surface area contributed by atoms with Crippen LogP contribution in [-0.2, 0) is 4.79 Å². The lowest BCUT2D eigenvalue weighted by Gasteiger charge is -2.38. The van der Waals surface area contributed by atoms with E-state index in [4.69, 9.17) is 4.74 Å². The highest BCUT2D eigenvalue weighted by atomic mass is 79.9. The molecule has 4 nitrogen and oxygen atoms in total. The Kier molecular flexibility index (Phi) is 3.26. The summed E-state index contributed by atoms with van der Waals surface area (Å²) in [6.45, 7) is 2.75.